The number of hydrogen-bond acceptors (Lipinski definition) is 7. The molecule has 222 valence electrons. The van der Waals surface area contributed by atoms with Crippen molar-refractivity contribution in [2.24, 2.45) is 5.92 Å². The molecule has 0 saturated carbocycles. The molecule has 2 fully saturated rings. The molecule has 16 heteroatoms. The van der Waals surface area contributed by atoms with Gasteiger partial charge < -0.3 is 24.7 Å². The molecule has 0 bridgehead atoms. The number of carbonyl (C=O) groups is 3. The number of carboxylic acid groups (broad SMARTS) is 2. The number of rotatable bonds is 4. The Morgan fingerprint density at radius 2 is 1.65 bits per heavy atom. The number of alkyl halides is 6. The molecule has 40 heavy (non-hydrogen) atoms. The van der Waals surface area contributed by atoms with Crippen LogP contribution in [0.25, 0.3) is 0 Å². The Kier molecular flexibility index (Phi) is 11.1. The number of aliphatic carboxylic acids is 2. The molecule has 0 aliphatic carbocycles. The molecule has 1 amide bonds. The van der Waals surface area contributed by atoms with Crippen molar-refractivity contribution >= 4 is 23.5 Å². The second kappa shape index (κ2) is 13.6. The summed E-state index contributed by atoms with van der Waals surface area (Å²) in [6, 6.07) is 7.72. The summed E-state index contributed by atoms with van der Waals surface area (Å²) in [7, 11) is 0. The van der Waals surface area contributed by atoms with E-state index in [0.717, 1.165) is 55.4 Å². The minimum atomic E-state index is -5.08. The highest BCUT2D eigenvalue weighted by Crippen LogP contribution is 2.34. The minimum absolute atomic E-state index is 0.0660. The number of aromatic nitrogens is 1. The minimum Gasteiger partial charge on any atom is -0.475 e. The number of aryl methyl sites for hydroxylation is 2. The molecule has 3 N–H and O–H groups in total. The number of likely N-dealkylation sites (tertiary alicyclic amines) is 1. The Bertz CT molecular complexity index is 1140. The Balaban J connectivity index is 0.000000333. The van der Waals surface area contributed by atoms with E-state index >= 15 is 0 Å². The van der Waals surface area contributed by atoms with E-state index < -0.39 is 24.3 Å². The summed E-state index contributed by atoms with van der Waals surface area (Å²) in [4.78, 5) is 36.9. The van der Waals surface area contributed by atoms with Crippen LogP contribution in [0, 0.1) is 19.8 Å². The maximum absolute atomic E-state index is 12.6. The summed E-state index contributed by atoms with van der Waals surface area (Å²) in [5.74, 6) is -3.20. The summed E-state index contributed by atoms with van der Waals surface area (Å²) in [5.41, 5.74) is 1.57. The fraction of sp³-hybridized carbons (Fsp3) is 0.500. The van der Waals surface area contributed by atoms with Gasteiger partial charge in [-0.1, -0.05) is 0 Å². The Morgan fingerprint density at radius 1 is 1.05 bits per heavy atom. The lowest BCUT2D eigenvalue weighted by molar-refractivity contribution is -0.193. The number of carboxylic acids is 2. The largest absolute Gasteiger partial charge is 0.490 e. The topological polar surface area (TPSA) is 142 Å². The maximum Gasteiger partial charge on any atom is 0.490 e. The molecule has 2 aromatic heterocycles. The average molecular weight is 583 g/mol. The van der Waals surface area contributed by atoms with Crippen molar-refractivity contribution in [3.05, 3.63) is 47.7 Å². The van der Waals surface area contributed by atoms with Gasteiger partial charge in [-0.05, 0) is 63.4 Å². The number of fused-ring (bicyclic) bond motifs is 1. The van der Waals surface area contributed by atoms with Crippen LogP contribution in [-0.4, -0.2) is 75.6 Å². The number of halogens is 6. The Morgan fingerprint density at radius 3 is 2.15 bits per heavy atom. The third-order valence-corrected chi connectivity index (χ3v) is 5.85. The highest BCUT2D eigenvalue weighted by atomic mass is 19.4. The first-order chi connectivity index (χ1) is 18.5. The van der Waals surface area contributed by atoms with Crippen molar-refractivity contribution in [3.8, 4) is 0 Å². The molecule has 2 aromatic rings. The van der Waals surface area contributed by atoms with Gasteiger partial charge in [-0.3, -0.25) is 14.7 Å². The second-order valence-corrected chi connectivity index (χ2v) is 8.93. The number of nitrogens with zero attached hydrogens (tertiary/aromatic N) is 2. The van der Waals surface area contributed by atoms with Gasteiger partial charge in [0.05, 0.1) is 24.0 Å². The molecule has 4 rings (SSSR count). The Labute approximate surface area is 223 Å². The van der Waals surface area contributed by atoms with Gasteiger partial charge in [0.2, 0.25) is 0 Å². The normalized spacial score (nSPS) is 20.8. The first-order valence-electron chi connectivity index (χ1n) is 11.7. The van der Waals surface area contributed by atoms with Crippen LogP contribution in [0.2, 0.25) is 0 Å². The zero-order valence-electron chi connectivity index (χ0n) is 21.3. The summed E-state index contributed by atoms with van der Waals surface area (Å²) >= 11 is 0. The van der Waals surface area contributed by atoms with Crippen LogP contribution < -0.4 is 5.32 Å². The number of carbonyl (C=O) groups excluding carboxylic acids is 1. The van der Waals surface area contributed by atoms with Gasteiger partial charge in [-0.2, -0.15) is 26.3 Å². The van der Waals surface area contributed by atoms with Crippen molar-refractivity contribution in [3.63, 3.8) is 0 Å². The van der Waals surface area contributed by atoms with Crippen molar-refractivity contribution in [1.82, 2.24) is 9.88 Å². The average Bonchev–Trinajstić information content (AvgIpc) is 3.45. The number of hydrogen-bond donors (Lipinski definition) is 3. The lowest BCUT2D eigenvalue weighted by atomic mass is 9.91. The van der Waals surface area contributed by atoms with E-state index in [1.807, 2.05) is 38.1 Å². The van der Waals surface area contributed by atoms with Crippen LogP contribution in [0.1, 0.15) is 30.1 Å². The lowest BCUT2D eigenvalue weighted by Gasteiger charge is -2.33. The number of anilines is 1. The van der Waals surface area contributed by atoms with Crippen LogP contribution in [0.4, 0.5) is 32.0 Å². The standard InChI is InChI=1S/C20H25N3O3.2C2HF3O2/c1-13-5-6-16(25-13)11-23-9-7-15-10-18(26-19(15)12-23)20(24)22-17-4-3-8-21-14(17)2;2*3-2(4,5)1(6)7/h3-6,8,15,18-19H,7,9-12H2,1-2H3,(H,22,24);2*(H,6,7)/t15-,18+,19-;;/m0../s1. The molecule has 2 aliphatic heterocycles. The molecule has 3 atom stereocenters. The number of nitrogens with one attached hydrogen (secondary N) is 1. The van der Waals surface area contributed by atoms with Crippen LogP contribution in [0.15, 0.2) is 34.9 Å². The van der Waals surface area contributed by atoms with Crippen molar-refractivity contribution in [1.29, 1.82) is 0 Å². The highest BCUT2D eigenvalue weighted by molar-refractivity contribution is 5.94. The van der Waals surface area contributed by atoms with Crippen LogP contribution in [0.3, 0.4) is 0 Å². The maximum atomic E-state index is 12.6. The van der Waals surface area contributed by atoms with E-state index in [1.165, 1.54) is 0 Å². The quantitative estimate of drug-likeness (QED) is 0.452. The van der Waals surface area contributed by atoms with Crippen LogP contribution >= 0.6 is 0 Å². The molecule has 0 spiro atoms. The fourth-order valence-corrected chi connectivity index (χ4v) is 3.93. The fourth-order valence-electron chi connectivity index (χ4n) is 3.93. The van der Waals surface area contributed by atoms with Crippen LogP contribution in [0.5, 0.6) is 0 Å². The molecule has 4 heterocycles. The third-order valence-electron chi connectivity index (χ3n) is 5.85. The van der Waals surface area contributed by atoms with E-state index in [9.17, 15) is 31.1 Å². The molecule has 0 radical (unpaired) electrons. The van der Waals surface area contributed by atoms with Gasteiger partial charge in [0.15, 0.2) is 0 Å². The second-order valence-electron chi connectivity index (χ2n) is 8.93. The third kappa shape index (κ3) is 10.1. The number of piperidine rings is 1. The molecule has 0 unspecified atom stereocenters. The van der Waals surface area contributed by atoms with Gasteiger partial charge in [0.25, 0.3) is 5.91 Å². The van der Waals surface area contributed by atoms with Gasteiger partial charge in [0, 0.05) is 12.7 Å². The molecular weight excluding hydrogens is 556 g/mol. The molecule has 2 saturated heterocycles. The number of pyridine rings is 1. The van der Waals surface area contributed by atoms with E-state index in [2.05, 4.69) is 15.2 Å². The lowest BCUT2D eigenvalue weighted by Crippen LogP contribution is -2.41. The number of amides is 1. The zero-order chi connectivity index (χ0) is 30.3. The monoisotopic (exact) mass is 583 g/mol. The smallest absolute Gasteiger partial charge is 0.475 e. The van der Waals surface area contributed by atoms with Crippen molar-refractivity contribution < 1.29 is 60.1 Å². The predicted molar refractivity (Wildman–Crippen MR) is 125 cm³/mol. The number of ether oxygens (including phenoxy) is 1. The molecule has 10 nitrogen and oxygen atoms in total. The van der Waals surface area contributed by atoms with E-state index in [0.29, 0.717) is 5.92 Å². The van der Waals surface area contributed by atoms with Crippen molar-refractivity contribution in [2.45, 2.75) is 57.8 Å². The summed E-state index contributed by atoms with van der Waals surface area (Å²) in [5, 5.41) is 17.2. The van der Waals surface area contributed by atoms with Crippen LogP contribution in [-0.2, 0) is 25.7 Å². The van der Waals surface area contributed by atoms with Gasteiger partial charge in [0.1, 0.15) is 17.6 Å². The molecular formula is C24H27F6N3O7. The summed E-state index contributed by atoms with van der Waals surface area (Å²) in [6.07, 6.45) is -6.86. The summed E-state index contributed by atoms with van der Waals surface area (Å²) in [6.45, 7) is 6.51. The van der Waals surface area contributed by atoms with E-state index in [-0.39, 0.29) is 18.1 Å². The van der Waals surface area contributed by atoms with E-state index in [1.54, 1.807) is 6.20 Å². The van der Waals surface area contributed by atoms with Gasteiger partial charge in [-0.15, -0.1) is 0 Å². The summed E-state index contributed by atoms with van der Waals surface area (Å²) < 4.78 is 75.3. The highest BCUT2D eigenvalue weighted by Gasteiger charge is 2.42. The SMILES string of the molecule is Cc1ccc(CN2CC[C@H]3C[C@H](C(=O)Nc4cccnc4C)O[C@H]3C2)o1.O=C(O)C(F)(F)F.O=C(O)C(F)(F)F. The first kappa shape index (κ1) is 32.6. The molecule has 2 aliphatic rings. The van der Waals surface area contributed by atoms with Gasteiger partial charge in [-0.25, -0.2) is 9.59 Å². The van der Waals surface area contributed by atoms with E-state index in [4.69, 9.17) is 29.0 Å². The predicted octanol–water partition coefficient (Wildman–Crippen LogP) is 4.18. The van der Waals surface area contributed by atoms with Crippen molar-refractivity contribution in [2.75, 3.05) is 18.4 Å². The Hall–Kier alpha value is -3.66. The first-order valence-corrected chi connectivity index (χ1v) is 11.7. The van der Waals surface area contributed by atoms with Gasteiger partial charge >= 0.3 is 24.3 Å². The number of furan rings is 1. The zero-order valence-corrected chi connectivity index (χ0v) is 21.3. The molecule has 0 aromatic carbocycles.